The second-order valence-corrected chi connectivity index (χ2v) is 0. The van der Waals surface area contributed by atoms with Crippen LogP contribution in [-0.2, 0) is 0 Å². The fraction of sp³-hybridized carbons (Fsp3) is 0. The molecule has 0 nitrogen and oxygen atoms in total. The molecule has 0 amide bonds. The third-order valence-electron chi connectivity index (χ3n) is 0. The zero-order chi connectivity index (χ0) is 0. The molecule has 4 heavy (non-hydrogen) atoms. The van der Waals surface area contributed by atoms with Crippen molar-refractivity contribution < 1.29 is 29.2 Å². The van der Waals surface area contributed by atoms with Crippen LogP contribution < -0.4 is 0 Å². The topological polar surface area (TPSA) is 0 Å². The van der Waals surface area contributed by atoms with E-state index in [1.54, 1.807) is 0 Å². The maximum absolute atomic E-state index is 0. The number of hydrogen-bond donors (Lipinski definition) is 0. The van der Waals surface area contributed by atoms with Gasteiger partial charge in [0, 0.05) is 88.5 Å². The summed E-state index contributed by atoms with van der Waals surface area (Å²) < 4.78 is 0. The molecule has 15 valence electrons. The Morgan fingerprint density at radius 2 is 0.500 bits per heavy atom. The Balaban J connectivity index is 0. The molecule has 0 saturated carbocycles. The van der Waals surface area contributed by atoms with Crippen molar-refractivity contribution in [2.45, 2.75) is 0 Å². The van der Waals surface area contributed by atoms with E-state index < -0.39 is 0 Å². The minimum atomic E-state index is 0. The zero-order valence-electron chi connectivity index (χ0n) is 2.14. The normalized spacial score (nSPS) is 0. The SMILES string of the molecule is [Ga].[Ga].[Ga].[Pu]. The van der Waals surface area contributed by atoms with Crippen LogP contribution in [0.15, 0.2) is 0 Å². The first kappa shape index (κ1) is 28.6. The Morgan fingerprint density at radius 1 is 0.500 bits per heavy atom. The molecule has 0 spiro atoms. The third-order valence-corrected chi connectivity index (χ3v) is 0. The van der Waals surface area contributed by atoms with Crippen LogP contribution in [0.2, 0.25) is 0 Å². The third kappa shape index (κ3) is 8.86. The molecule has 4 heteroatoms. The van der Waals surface area contributed by atoms with Crippen molar-refractivity contribution in [3.63, 3.8) is 0 Å². The molecule has 0 unspecified atom stereocenters. The zero-order valence-corrected chi connectivity index (χ0v) is 12.8. The summed E-state index contributed by atoms with van der Waals surface area (Å²) in [6.45, 7) is 0. The van der Waals surface area contributed by atoms with Crippen LogP contribution in [0.25, 0.3) is 0 Å². The van der Waals surface area contributed by atoms with Gasteiger partial charge in [0.05, 0.1) is 0 Å². The molecule has 0 aromatic rings. The quantitative estimate of drug-likeness (QED) is 0.407. The van der Waals surface area contributed by atoms with Crippen LogP contribution >= 0.6 is 0 Å². The fourth-order valence-corrected chi connectivity index (χ4v) is 0. The Kier molecular flexibility index (Phi) is 120. The second-order valence-electron chi connectivity index (χ2n) is 0. The molecule has 0 aromatic heterocycles. The Bertz CT molecular complexity index is 3.25. The standard InChI is InChI=1S/3Ga.Pu. The van der Waals surface area contributed by atoms with Gasteiger partial charge in [0.25, 0.3) is 0 Å². The first-order valence-corrected chi connectivity index (χ1v) is 0. The van der Waals surface area contributed by atoms with E-state index in [2.05, 4.69) is 0 Å². The minimum absolute atomic E-state index is 0. The molecule has 9 radical (unpaired) electrons. The molecule has 0 aliphatic carbocycles. The van der Waals surface area contributed by atoms with Gasteiger partial charge in [0.2, 0.25) is 0 Å². The smallest absolute Gasteiger partial charge is 0 e. The van der Waals surface area contributed by atoms with E-state index >= 15 is 0 Å². The van der Waals surface area contributed by atoms with E-state index in [4.69, 9.17) is 0 Å². The number of hydrogen-bond acceptors (Lipinski definition) is 0. The molecule has 0 saturated heterocycles. The van der Waals surface area contributed by atoms with E-state index in [-0.39, 0.29) is 88.5 Å². The van der Waals surface area contributed by atoms with Crippen molar-refractivity contribution in [2.24, 2.45) is 0 Å². The van der Waals surface area contributed by atoms with Gasteiger partial charge in [-0.05, 0) is 0 Å². The molecule has 0 aromatic carbocycles. The minimum Gasteiger partial charge on any atom is 0 e. The van der Waals surface area contributed by atoms with Gasteiger partial charge < -0.3 is 0 Å². The molecule has 0 aliphatic heterocycles. The van der Waals surface area contributed by atoms with E-state index in [0.717, 1.165) is 0 Å². The van der Waals surface area contributed by atoms with Crippen molar-refractivity contribution in [2.75, 3.05) is 0 Å². The van der Waals surface area contributed by atoms with E-state index in [0.29, 0.717) is 0 Å². The molecule has 0 aliphatic rings. The van der Waals surface area contributed by atoms with Gasteiger partial charge in [-0.3, -0.25) is 0 Å². The molecule has 0 fully saturated rings. The van der Waals surface area contributed by atoms with E-state index in [1.807, 2.05) is 0 Å². The van der Waals surface area contributed by atoms with Crippen LogP contribution in [-0.4, -0.2) is 59.4 Å². The summed E-state index contributed by atoms with van der Waals surface area (Å²) in [6.07, 6.45) is 0. The summed E-state index contributed by atoms with van der Waals surface area (Å²) in [5.74, 6) is 0. The van der Waals surface area contributed by atoms with Crippen LogP contribution in [0.4, 0.5) is 0 Å². The molecule has 0 heterocycles. The first-order valence-electron chi connectivity index (χ1n) is 0. The van der Waals surface area contributed by atoms with Crippen molar-refractivity contribution in [3.8, 4) is 0 Å². The summed E-state index contributed by atoms with van der Waals surface area (Å²) in [7, 11) is 0. The van der Waals surface area contributed by atoms with Crippen molar-refractivity contribution in [1.29, 1.82) is 0 Å². The fourth-order valence-electron chi connectivity index (χ4n) is 0. The van der Waals surface area contributed by atoms with Crippen LogP contribution in [0.5, 0.6) is 0 Å². The van der Waals surface area contributed by atoms with Crippen molar-refractivity contribution in [1.82, 2.24) is 0 Å². The van der Waals surface area contributed by atoms with Crippen LogP contribution in [0.3, 0.4) is 0 Å². The van der Waals surface area contributed by atoms with E-state index in [9.17, 15) is 0 Å². The summed E-state index contributed by atoms with van der Waals surface area (Å²) >= 11 is 0. The Hall–Kier alpha value is 2.90. The van der Waals surface area contributed by atoms with Crippen LogP contribution in [0.1, 0.15) is 0 Å². The molecular weight excluding hydrogens is 453 g/mol. The Labute approximate surface area is 87.0 Å². The first-order chi connectivity index (χ1) is 0. The van der Waals surface area contributed by atoms with Gasteiger partial charge in [-0.1, -0.05) is 0 Å². The maximum Gasteiger partial charge on any atom is 0 e. The van der Waals surface area contributed by atoms with Gasteiger partial charge in [-0.2, -0.15) is 0 Å². The van der Waals surface area contributed by atoms with Gasteiger partial charge >= 0.3 is 0 Å². The largest absolute Gasteiger partial charge is 0 e. The molecule has 0 N–H and O–H groups in total. The molecule has 0 atom stereocenters. The van der Waals surface area contributed by atoms with Gasteiger partial charge in [-0.25, -0.2) is 0 Å². The summed E-state index contributed by atoms with van der Waals surface area (Å²) in [4.78, 5) is 0. The molecule has 0 bridgehead atoms. The van der Waals surface area contributed by atoms with Gasteiger partial charge in [-0.15, -0.1) is 0 Å². The average molecular weight is 453 g/mol. The average Bonchev–Trinajstić information content (AvgIpc) is 0. The predicted octanol–water partition coefficient (Wildman–Crippen LogP) is -1.14. The van der Waals surface area contributed by atoms with Crippen LogP contribution in [0, 0.1) is 29.2 Å². The summed E-state index contributed by atoms with van der Waals surface area (Å²) in [5, 5.41) is 0. The monoisotopic (exact) mass is 445 g/mol. The predicted molar refractivity (Wildman–Crippen MR) is 17.3 cm³/mol. The number of rotatable bonds is 0. The summed E-state index contributed by atoms with van der Waals surface area (Å²) in [5.41, 5.74) is 0. The van der Waals surface area contributed by atoms with Crippen molar-refractivity contribution >= 4 is 59.4 Å². The van der Waals surface area contributed by atoms with Gasteiger partial charge in [0.1, 0.15) is 0 Å². The summed E-state index contributed by atoms with van der Waals surface area (Å²) in [6, 6.07) is 0. The maximum atomic E-state index is 0. The van der Waals surface area contributed by atoms with E-state index in [1.165, 1.54) is 0 Å². The second kappa shape index (κ2) is 16.9. The molecule has 0 rings (SSSR count). The molecular formula is Ga3Pu. The van der Waals surface area contributed by atoms with Gasteiger partial charge in [0.15, 0.2) is 0 Å². The Morgan fingerprint density at radius 3 is 0.500 bits per heavy atom. The van der Waals surface area contributed by atoms with Crippen molar-refractivity contribution in [3.05, 3.63) is 0 Å².